The van der Waals surface area contributed by atoms with E-state index >= 15 is 0 Å². The van der Waals surface area contributed by atoms with Crippen molar-refractivity contribution in [2.24, 2.45) is 0 Å². The Kier molecular flexibility index (Phi) is 6.47. The van der Waals surface area contributed by atoms with E-state index in [0.717, 1.165) is 6.54 Å². The van der Waals surface area contributed by atoms with Crippen molar-refractivity contribution < 1.29 is 0 Å². The van der Waals surface area contributed by atoms with E-state index in [1.807, 2.05) is 11.3 Å². The Bertz CT molecular complexity index is 510. The molecule has 2 rings (SSSR count). The van der Waals surface area contributed by atoms with Crippen LogP contribution in [0.3, 0.4) is 0 Å². The monoisotopic (exact) mass is 301 g/mol. The summed E-state index contributed by atoms with van der Waals surface area (Å²) in [4.78, 5) is 2.96. The molecule has 0 amide bonds. The SMILES string of the molecule is CCCNC(CCCc1ccccc1)c1cc(C)c(C)s1. The summed E-state index contributed by atoms with van der Waals surface area (Å²) in [6.07, 6.45) is 4.82. The van der Waals surface area contributed by atoms with E-state index in [1.54, 1.807) is 0 Å². The molecular weight excluding hydrogens is 274 g/mol. The number of nitrogens with one attached hydrogen (secondary N) is 1. The minimum atomic E-state index is 0.520. The van der Waals surface area contributed by atoms with Crippen molar-refractivity contribution in [3.8, 4) is 0 Å². The van der Waals surface area contributed by atoms with Crippen molar-refractivity contribution in [1.29, 1.82) is 0 Å². The maximum atomic E-state index is 3.72. The molecule has 2 heteroatoms. The summed E-state index contributed by atoms with van der Waals surface area (Å²) in [5, 5.41) is 3.72. The molecule has 1 nitrogen and oxygen atoms in total. The van der Waals surface area contributed by atoms with Crippen molar-refractivity contribution in [1.82, 2.24) is 5.32 Å². The fraction of sp³-hybridized carbons (Fsp3) is 0.474. The normalized spacial score (nSPS) is 12.5. The zero-order valence-electron chi connectivity index (χ0n) is 13.5. The van der Waals surface area contributed by atoms with E-state index in [4.69, 9.17) is 0 Å². The highest BCUT2D eigenvalue weighted by molar-refractivity contribution is 7.12. The van der Waals surface area contributed by atoms with Gasteiger partial charge in [-0.25, -0.2) is 0 Å². The van der Waals surface area contributed by atoms with E-state index in [9.17, 15) is 0 Å². The maximum Gasteiger partial charge on any atom is 0.0415 e. The third kappa shape index (κ3) is 4.98. The quantitative estimate of drug-likeness (QED) is 0.685. The molecule has 0 saturated carbocycles. The maximum absolute atomic E-state index is 3.72. The molecule has 2 aromatic rings. The Balaban J connectivity index is 1.93. The van der Waals surface area contributed by atoms with Gasteiger partial charge in [0.25, 0.3) is 0 Å². The van der Waals surface area contributed by atoms with Gasteiger partial charge in [0, 0.05) is 15.8 Å². The fourth-order valence-corrected chi connectivity index (χ4v) is 3.74. The number of thiophene rings is 1. The molecule has 21 heavy (non-hydrogen) atoms. The van der Waals surface area contributed by atoms with Gasteiger partial charge in [0.05, 0.1) is 0 Å². The Morgan fingerprint density at radius 3 is 2.52 bits per heavy atom. The minimum absolute atomic E-state index is 0.520. The molecule has 0 aliphatic carbocycles. The van der Waals surface area contributed by atoms with Gasteiger partial charge in [0.1, 0.15) is 0 Å². The van der Waals surface area contributed by atoms with Crippen LogP contribution < -0.4 is 5.32 Å². The molecule has 0 spiro atoms. The molecule has 0 radical (unpaired) electrons. The first-order valence-electron chi connectivity index (χ1n) is 8.05. The summed E-state index contributed by atoms with van der Waals surface area (Å²) in [7, 11) is 0. The lowest BCUT2D eigenvalue weighted by molar-refractivity contribution is 0.490. The van der Waals surface area contributed by atoms with Gasteiger partial charge in [0.2, 0.25) is 0 Å². The van der Waals surface area contributed by atoms with Crippen LogP contribution in [0.2, 0.25) is 0 Å². The molecule has 114 valence electrons. The van der Waals surface area contributed by atoms with Gasteiger partial charge < -0.3 is 5.32 Å². The third-order valence-corrected chi connectivity index (χ3v) is 5.24. The average Bonchev–Trinajstić information content (AvgIpc) is 2.83. The van der Waals surface area contributed by atoms with Crippen LogP contribution in [0.5, 0.6) is 0 Å². The van der Waals surface area contributed by atoms with E-state index < -0.39 is 0 Å². The molecule has 1 aromatic carbocycles. The van der Waals surface area contributed by atoms with Gasteiger partial charge in [0.15, 0.2) is 0 Å². The van der Waals surface area contributed by atoms with Gasteiger partial charge in [-0.05, 0) is 63.3 Å². The lowest BCUT2D eigenvalue weighted by atomic mass is 10.0. The largest absolute Gasteiger partial charge is 0.309 e. The molecule has 1 aromatic heterocycles. The van der Waals surface area contributed by atoms with Crippen molar-refractivity contribution in [2.75, 3.05) is 6.54 Å². The first-order valence-corrected chi connectivity index (χ1v) is 8.86. The second-order valence-electron chi connectivity index (χ2n) is 5.77. The highest BCUT2D eigenvalue weighted by Crippen LogP contribution is 2.29. The van der Waals surface area contributed by atoms with Crippen molar-refractivity contribution in [3.63, 3.8) is 0 Å². The first-order chi connectivity index (χ1) is 10.2. The standard InChI is InChI=1S/C19H27NS/c1-4-13-20-18(19-14-15(2)16(3)21-19)12-8-11-17-9-6-5-7-10-17/h5-7,9-10,14,18,20H,4,8,11-13H2,1-3H3. The lowest BCUT2D eigenvalue weighted by Crippen LogP contribution is -2.21. The molecule has 0 fully saturated rings. The van der Waals surface area contributed by atoms with E-state index in [0.29, 0.717) is 6.04 Å². The molecule has 0 aliphatic rings. The van der Waals surface area contributed by atoms with Crippen LogP contribution in [-0.2, 0) is 6.42 Å². The van der Waals surface area contributed by atoms with Gasteiger partial charge in [-0.1, -0.05) is 37.3 Å². The lowest BCUT2D eigenvalue weighted by Gasteiger charge is -2.17. The fourth-order valence-electron chi connectivity index (χ4n) is 2.59. The summed E-state index contributed by atoms with van der Waals surface area (Å²) in [6, 6.07) is 13.7. The van der Waals surface area contributed by atoms with Crippen LogP contribution in [0.25, 0.3) is 0 Å². The number of hydrogen-bond acceptors (Lipinski definition) is 2. The molecule has 0 bridgehead atoms. The Morgan fingerprint density at radius 2 is 1.90 bits per heavy atom. The molecule has 1 heterocycles. The number of benzene rings is 1. The van der Waals surface area contributed by atoms with E-state index in [1.165, 1.54) is 46.6 Å². The summed E-state index contributed by atoms with van der Waals surface area (Å²) < 4.78 is 0. The van der Waals surface area contributed by atoms with Crippen LogP contribution in [0.4, 0.5) is 0 Å². The van der Waals surface area contributed by atoms with Crippen molar-refractivity contribution >= 4 is 11.3 Å². The smallest absolute Gasteiger partial charge is 0.0415 e. The number of aryl methyl sites for hydroxylation is 3. The second kappa shape index (κ2) is 8.35. The minimum Gasteiger partial charge on any atom is -0.309 e. The predicted molar refractivity (Wildman–Crippen MR) is 94.2 cm³/mol. The third-order valence-electron chi connectivity index (χ3n) is 3.97. The number of hydrogen-bond donors (Lipinski definition) is 1. The molecule has 1 atom stereocenters. The van der Waals surface area contributed by atoms with E-state index in [-0.39, 0.29) is 0 Å². The summed E-state index contributed by atoms with van der Waals surface area (Å²) in [5.74, 6) is 0. The zero-order valence-corrected chi connectivity index (χ0v) is 14.3. The van der Waals surface area contributed by atoms with Crippen LogP contribution in [0.15, 0.2) is 36.4 Å². The Labute approximate surface area is 133 Å². The Morgan fingerprint density at radius 1 is 1.14 bits per heavy atom. The van der Waals surface area contributed by atoms with Crippen LogP contribution >= 0.6 is 11.3 Å². The van der Waals surface area contributed by atoms with Gasteiger partial charge >= 0.3 is 0 Å². The highest BCUT2D eigenvalue weighted by Gasteiger charge is 2.14. The average molecular weight is 301 g/mol. The molecule has 1 N–H and O–H groups in total. The zero-order chi connectivity index (χ0) is 15.1. The summed E-state index contributed by atoms with van der Waals surface area (Å²) >= 11 is 1.96. The molecule has 0 aliphatic heterocycles. The van der Waals surface area contributed by atoms with Crippen LogP contribution in [0, 0.1) is 13.8 Å². The first kappa shape index (κ1) is 16.3. The predicted octanol–water partition coefficient (Wildman–Crippen LogP) is 5.43. The molecule has 0 saturated heterocycles. The molecular formula is C19H27NS. The topological polar surface area (TPSA) is 12.0 Å². The van der Waals surface area contributed by atoms with E-state index in [2.05, 4.69) is 62.5 Å². The summed E-state index contributed by atoms with van der Waals surface area (Å²) in [6.45, 7) is 7.78. The van der Waals surface area contributed by atoms with Gasteiger partial charge in [-0.2, -0.15) is 0 Å². The molecule has 1 unspecified atom stereocenters. The van der Waals surface area contributed by atoms with Crippen LogP contribution in [-0.4, -0.2) is 6.54 Å². The van der Waals surface area contributed by atoms with Gasteiger partial charge in [-0.15, -0.1) is 11.3 Å². The van der Waals surface area contributed by atoms with Crippen molar-refractivity contribution in [2.45, 2.75) is 52.5 Å². The van der Waals surface area contributed by atoms with Crippen molar-refractivity contribution in [3.05, 3.63) is 57.3 Å². The van der Waals surface area contributed by atoms with Gasteiger partial charge in [-0.3, -0.25) is 0 Å². The Hall–Kier alpha value is -1.12. The summed E-state index contributed by atoms with van der Waals surface area (Å²) in [5.41, 5.74) is 2.88. The van der Waals surface area contributed by atoms with Crippen LogP contribution in [0.1, 0.15) is 53.1 Å². The number of rotatable bonds is 8. The highest BCUT2D eigenvalue weighted by atomic mass is 32.1. The second-order valence-corrected chi connectivity index (χ2v) is 7.06.